The number of nitrogens with one attached hydrogen (secondary N) is 1. The minimum atomic E-state index is -0.968. The van der Waals surface area contributed by atoms with Crippen LogP contribution in [0.15, 0.2) is 0 Å². The Morgan fingerprint density at radius 1 is 1.36 bits per heavy atom. The molecule has 1 amide bonds. The van der Waals surface area contributed by atoms with Crippen LogP contribution in [-0.2, 0) is 9.59 Å². The first kappa shape index (κ1) is 12.9. The van der Waals surface area contributed by atoms with Gasteiger partial charge in [0.2, 0.25) is 5.91 Å². The minimum Gasteiger partial charge on any atom is -0.480 e. The lowest BCUT2D eigenvalue weighted by Crippen LogP contribution is -2.45. The van der Waals surface area contributed by atoms with Gasteiger partial charge in [-0.05, 0) is 6.42 Å². The highest BCUT2D eigenvalue weighted by atomic mass is 16.4. The van der Waals surface area contributed by atoms with Crippen LogP contribution >= 0.6 is 0 Å². The van der Waals surface area contributed by atoms with Gasteiger partial charge in [0.15, 0.2) is 0 Å². The molecule has 0 aromatic heterocycles. The fourth-order valence-corrected chi connectivity index (χ4v) is 0.921. The molecule has 82 valence electrons. The van der Waals surface area contributed by atoms with E-state index in [-0.39, 0.29) is 5.91 Å². The van der Waals surface area contributed by atoms with Crippen molar-refractivity contribution in [3.63, 3.8) is 0 Å². The Morgan fingerprint density at radius 3 is 2.14 bits per heavy atom. The molecule has 0 unspecified atom stereocenters. The van der Waals surface area contributed by atoms with Crippen molar-refractivity contribution in [3.05, 3.63) is 0 Å². The molecule has 0 aliphatic rings. The Morgan fingerprint density at radius 2 is 1.86 bits per heavy atom. The van der Waals surface area contributed by atoms with Gasteiger partial charge in [-0.1, -0.05) is 34.1 Å². The van der Waals surface area contributed by atoms with Crippen LogP contribution in [0.3, 0.4) is 0 Å². The largest absolute Gasteiger partial charge is 0.480 e. The van der Waals surface area contributed by atoms with Gasteiger partial charge in [-0.2, -0.15) is 0 Å². The van der Waals surface area contributed by atoms with Gasteiger partial charge in [-0.15, -0.1) is 0 Å². The molecule has 0 radical (unpaired) electrons. The van der Waals surface area contributed by atoms with Gasteiger partial charge in [0, 0.05) is 5.41 Å². The summed E-state index contributed by atoms with van der Waals surface area (Å²) in [6.45, 7) is 7.16. The number of rotatable bonds is 4. The summed E-state index contributed by atoms with van der Waals surface area (Å²) in [4.78, 5) is 22.2. The number of hydrogen-bond acceptors (Lipinski definition) is 2. The maximum absolute atomic E-state index is 11.5. The summed E-state index contributed by atoms with van der Waals surface area (Å²) >= 11 is 0. The predicted octanol–water partition coefficient (Wildman–Crippen LogP) is 1.40. The third-order valence-corrected chi connectivity index (χ3v) is 1.86. The number of carboxylic acid groups (broad SMARTS) is 1. The predicted molar refractivity (Wildman–Crippen MR) is 53.9 cm³/mol. The quantitative estimate of drug-likeness (QED) is 0.722. The van der Waals surface area contributed by atoms with Crippen molar-refractivity contribution >= 4 is 11.9 Å². The van der Waals surface area contributed by atoms with E-state index in [1.807, 2.05) is 6.92 Å². The molecular weight excluding hydrogens is 182 g/mol. The fourth-order valence-electron chi connectivity index (χ4n) is 0.921. The van der Waals surface area contributed by atoms with Crippen molar-refractivity contribution in [1.82, 2.24) is 5.32 Å². The Kier molecular flexibility index (Phi) is 4.60. The van der Waals surface area contributed by atoms with Crippen LogP contribution in [-0.4, -0.2) is 23.0 Å². The van der Waals surface area contributed by atoms with E-state index in [1.54, 1.807) is 20.8 Å². The molecule has 2 N–H and O–H groups in total. The Balaban J connectivity index is 4.31. The summed E-state index contributed by atoms with van der Waals surface area (Å²) < 4.78 is 0. The number of carbonyl (C=O) groups excluding carboxylic acids is 1. The Bertz CT molecular complexity index is 218. The molecular formula is C10H19NO3. The first-order chi connectivity index (χ1) is 6.29. The molecule has 0 fully saturated rings. The van der Waals surface area contributed by atoms with E-state index in [1.165, 1.54) is 0 Å². The molecule has 0 spiro atoms. The molecule has 0 saturated heterocycles. The van der Waals surface area contributed by atoms with Gasteiger partial charge < -0.3 is 10.4 Å². The van der Waals surface area contributed by atoms with E-state index in [0.29, 0.717) is 6.42 Å². The molecule has 0 aromatic rings. The van der Waals surface area contributed by atoms with Gasteiger partial charge in [0.25, 0.3) is 0 Å². The normalized spacial score (nSPS) is 13.4. The second-order valence-corrected chi connectivity index (χ2v) is 4.40. The van der Waals surface area contributed by atoms with Gasteiger partial charge in [0.05, 0.1) is 0 Å². The van der Waals surface area contributed by atoms with Gasteiger partial charge in [0.1, 0.15) is 6.04 Å². The van der Waals surface area contributed by atoms with Crippen molar-refractivity contribution in [2.45, 2.75) is 46.6 Å². The third-order valence-electron chi connectivity index (χ3n) is 1.86. The minimum absolute atomic E-state index is 0.224. The number of carbonyl (C=O) groups is 2. The molecule has 0 aromatic carbocycles. The van der Waals surface area contributed by atoms with Gasteiger partial charge in [-0.25, -0.2) is 4.79 Å². The zero-order chi connectivity index (χ0) is 11.4. The molecule has 4 heteroatoms. The van der Waals surface area contributed by atoms with Crippen LogP contribution in [0.2, 0.25) is 0 Å². The zero-order valence-electron chi connectivity index (χ0n) is 9.26. The maximum Gasteiger partial charge on any atom is 0.326 e. The smallest absolute Gasteiger partial charge is 0.326 e. The Hall–Kier alpha value is -1.06. The van der Waals surface area contributed by atoms with Gasteiger partial charge >= 0.3 is 5.97 Å². The van der Waals surface area contributed by atoms with E-state index in [9.17, 15) is 9.59 Å². The molecule has 0 aliphatic carbocycles. The van der Waals surface area contributed by atoms with Crippen LogP contribution < -0.4 is 5.32 Å². The highest BCUT2D eigenvalue weighted by Gasteiger charge is 2.26. The molecule has 4 nitrogen and oxygen atoms in total. The monoisotopic (exact) mass is 201 g/mol. The summed E-state index contributed by atoms with van der Waals surface area (Å²) in [5.41, 5.74) is -0.540. The fraction of sp³-hybridized carbons (Fsp3) is 0.800. The lowest BCUT2D eigenvalue weighted by atomic mass is 9.95. The second-order valence-electron chi connectivity index (χ2n) is 4.40. The summed E-state index contributed by atoms with van der Waals surface area (Å²) in [7, 11) is 0. The van der Waals surface area contributed by atoms with Crippen molar-refractivity contribution < 1.29 is 14.7 Å². The van der Waals surface area contributed by atoms with Crippen LogP contribution in [0.5, 0.6) is 0 Å². The standard InChI is InChI=1S/C10H19NO3/c1-5-6-7(8(12)13)11-9(14)10(2,3)4/h7H,5-6H2,1-4H3,(H,11,14)(H,12,13)/t7-/m0/s1. The molecule has 0 saturated carbocycles. The molecule has 1 atom stereocenters. The van der Waals surface area contributed by atoms with Crippen molar-refractivity contribution in [1.29, 1.82) is 0 Å². The Labute approximate surface area is 84.7 Å². The SMILES string of the molecule is CCC[C@H](NC(=O)C(C)(C)C)C(=O)O. The average Bonchev–Trinajstić information content (AvgIpc) is 2.01. The summed E-state index contributed by atoms with van der Waals surface area (Å²) in [6, 6.07) is -0.758. The number of aliphatic carboxylic acids is 1. The topological polar surface area (TPSA) is 66.4 Å². The number of carboxylic acids is 1. The third kappa shape index (κ3) is 4.25. The number of hydrogen-bond donors (Lipinski definition) is 2. The van der Waals surface area contributed by atoms with Crippen LogP contribution in [0.4, 0.5) is 0 Å². The lowest BCUT2D eigenvalue weighted by Gasteiger charge is -2.21. The molecule has 14 heavy (non-hydrogen) atoms. The van der Waals surface area contributed by atoms with E-state index in [2.05, 4.69) is 5.32 Å². The van der Waals surface area contributed by atoms with Crippen LogP contribution in [0, 0.1) is 5.41 Å². The lowest BCUT2D eigenvalue weighted by molar-refractivity contribution is -0.143. The van der Waals surface area contributed by atoms with Crippen LogP contribution in [0.1, 0.15) is 40.5 Å². The first-order valence-electron chi connectivity index (χ1n) is 4.82. The van der Waals surface area contributed by atoms with Crippen molar-refractivity contribution in [2.75, 3.05) is 0 Å². The molecule has 0 heterocycles. The zero-order valence-corrected chi connectivity index (χ0v) is 9.26. The molecule has 0 bridgehead atoms. The maximum atomic E-state index is 11.5. The second kappa shape index (κ2) is 4.98. The van der Waals surface area contributed by atoms with Crippen LogP contribution in [0.25, 0.3) is 0 Å². The van der Waals surface area contributed by atoms with E-state index >= 15 is 0 Å². The van der Waals surface area contributed by atoms with E-state index < -0.39 is 17.4 Å². The highest BCUT2D eigenvalue weighted by molar-refractivity contribution is 5.86. The number of amides is 1. The summed E-state index contributed by atoms with van der Waals surface area (Å²) in [5.74, 6) is -1.19. The molecule has 0 rings (SSSR count). The molecule has 0 aliphatic heterocycles. The average molecular weight is 201 g/mol. The van der Waals surface area contributed by atoms with Gasteiger partial charge in [-0.3, -0.25) is 4.79 Å². The highest BCUT2D eigenvalue weighted by Crippen LogP contribution is 2.13. The van der Waals surface area contributed by atoms with E-state index in [4.69, 9.17) is 5.11 Å². The van der Waals surface area contributed by atoms with Crippen molar-refractivity contribution in [2.24, 2.45) is 5.41 Å². The summed E-state index contributed by atoms with van der Waals surface area (Å²) in [5, 5.41) is 11.3. The van der Waals surface area contributed by atoms with Crippen molar-refractivity contribution in [3.8, 4) is 0 Å². The van der Waals surface area contributed by atoms with E-state index in [0.717, 1.165) is 6.42 Å². The first-order valence-corrected chi connectivity index (χ1v) is 4.82. The summed E-state index contributed by atoms with van der Waals surface area (Å²) in [6.07, 6.45) is 1.21.